The first-order valence-electron chi connectivity index (χ1n) is 9.10. The summed E-state index contributed by atoms with van der Waals surface area (Å²) in [4.78, 5) is 8.86. The fourth-order valence-corrected chi connectivity index (χ4v) is 2.98. The summed E-state index contributed by atoms with van der Waals surface area (Å²) in [6, 6.07) is 18.2. The molecule has 4 aromatic rings. The van der Waals surface area contributed by atoms with Crippen LogP contribution in [0.2, 0.25) is 0 Å². The van der Waals surface area contributed by atoms with E-state index in [1.807, 2.05) is 54.0 Å². The fraction of sp³-hybridized carbons (Fsp3) is 0.190. The number of aryl methyl sites for hydroxylation is 1. The Hall–Kier alpha value is -3.41. The van der Waals surface area contributed by atoms with Crippen molar-refractivity contribution < 1.29 is 0 Å². The number of fused-ring (bicyclic) bond motifs is 1. The number of hydrogen-bond acceptors (Lipinski definition) is 5. The summed E-state index contributed by atoms with van der Waals surface area (Å²) in [5.41, 5.74) is 4.89. The lowest BCUT2D eigenvalue weighted by Crippen LogP contribution is -2.12. The molecule has 2 N–H and O–H groups in total. The third kappa shape index (κ3) is 4.06. The Bertz CT molecular complexity index is 1010. The molecular weight excluding hydrogens is 336 g/mol. The summed E-state index contributed by atoms with van der Waals surface area (Å²) in [5, 5.41) is 11.4. The summed E-state index contributed by atoms with van der Waals surface area (Å²) >= 11 is 0. The second-order valence-electron chi connectivity index (χ2n) is 6.40. The lowest BCUT2D eigenvalue weighted by molar-refractivity contribution is 0.868. The molecule has 3 heterocycles. The molecule has 0 aliphatic heterocycles. The van der Waals surface area contributed by atoms with E-state index in [-0.39, 0.29) is 0 Å². The van der Waals surface area contributed by atoms with Crippen LogP contribution < -0.4 is 10.6 Å². The van der Waals surface area contributed by atoms with Crippen molar-refractivity contribution in [1.82, 2.24) is 19.6 Å². The van der Waals surface area contributed by atoms with Gasteiger partial charge in [-0.05, 0) is 25.5 Å². The predicted molar refractivity (Wildman–Crippen MR) is 109 cm³/mol. The van der Waals surface area contributed by atoms with Gasteiger partial charge in [0.1, 0.15) is 5.82 Å². The van der Waals surface area contributed by atoms with Crippen molar-refractivity contribution in [3.8, 4) is 11.3 Å². The van der Waals surface area contributed by atoms with E-state index in [0.29, 0.717) is 0 Å². The van der Waals surface area contributed by atoms with Crippen LogP contribution in [0.5, 0.6) is 0 Å². The number of benzene rings is 1. The first-order valence-corrected chi connectivity index (χ1v) is 9.10. The number of nitrogens with zero attached hydrogens (tertiary/aromatic N) is 4. The van der Waals surface area contributed by atoms with Gasteiger partial charge in [0.15, 0.2) is 5.65 Å². The Kier molecular flexibility index (Phi) is 4.96. The van der Waals surface area contributed by atoms with Gasteiger partial charge in [-0.2, -0.15) is 9.61 Å². The van der Waals surface area contributed by atoms with E-state index in [1.165, 1.54) is 0 Å². The second-order valence-corrected chi connectivity index (χ2v) is 6.40. The highest BCUT2D eigenvalue weighted by Crippen LogP contribution is 2.22. The van der Waals surface area contributed by atoms with Crippen LogP contribution >= 0.6 is 0 Å². The number of pyridine rings is 1. The first kappa shape index (κ1) is 17.0. The van der Waals surface area contributed by atoms with Gasteiger partial charge in [0.25, 0.3) is 0 Å². The minimum atomic E-state index is 0.833. The van der Waals surface area contributed by atoms with Crippen LogP contribution in [0.4, 0.5) is 11.5 Å². The zero-order valence-electron chi connectivity index (χ0n) is 15.3. The molecule has 4 rings (SSSR count). The van der Waals surface area contributed by atoms with Crippen molar-refractivity contribution in [2.75, 3.05) is 23.7 Å². The predicted octanol–water partition coefficient (Wildman–Crippen LogP) is 4.01. The van der Waals surface area contributed by atoms with Crippen LogP contribution in [0.1, 0.15) is 12.1 Å². The van der Waals surface area contributed by atoms with Crippen LogP contribution in [0.15, 0.2) is 67.0 Å². The quantitative estimate of drug-likeness (QED) is 0.489. The van der Waals surface area contributed by atoms with E-state index in [0.717, 1.165) is 53.6 Å². The van der Waals surface area contributed by atoms with Gasteiger partial charge in [0, 0.05) is 43.2 Å². The van der Waals surface area contributed by atoms with Crippen LogP contribution in [0, 0.1) is 6.92 Å². The number of nitrogens with one attached hydrogen (secondary N) is 2. The molecule has 6 nitrogen and oxygen atoms in total. The Balaban J connectivity index is 1.47. The average Bonchev–Trinajstić information content (AvgIpc) is 3.09. The molecule has 0 bridgehead atoms. The summed E-state index contributed by atoms with van der Waals surface area (Å²) in [5.74, 6) is 0.952. The normalized spacial score (nSPS) is 10.9. The largest absolute Gasteiger partial charge is 0.384 e. The highest BCUT2D eigenvalue weighted by atomic mass is 15.3. The third-order valence-corrected chi connectivity index (χ3v) is 4.27. The Morgan fingerprint density at radius 1 is 0.963 bits per heavy atom. The fourth-order valence-electron chi connectivity index (χ4n) is 2.98. The summed E-state index contributed by atoms with van der Waals surface area (Å²) in [7, 11) is 0. The van der Waals surface area contributed by atoms with Crippen LogP contribution in [0.25, 0.3) is 16.9 Å². The van der Waals surface area contributed by atoms with Gasteiger partial charge in [-0.25, -0.2) is 4.98 Å². The first-order chi connectivity index (χ1) is 13.3. The van der Waals surface area contributed by atoms with Crippen molar-refractivity contribution in [3.05, 3.63) is 72.7 Å². The van der Waals surface area contributed by atoms with Crippen LogP contribution in [0.3, 0.4) is 0 Å². The van der Waals surface area contributed by atoms with Gasteiger partial charge < -0.3 is 10.6 Å². The molecule has 136 valence electrons. The van der Waals surface area contributed by atoms with Crippen molar-refractivity contribution in [1.29, 1.82) is 0 Å². The molecule has 0 radical (unpaired) electrons. The van der Waals surface area contributed by atoms with Gasteiger partial charge in [0.05, 0.1) is 17.1 Å². The van der Waals surface area contributed by atoms with E-state index in [1.54, 1.807) is 6.20 Å². The molecule has 1 aromatic carbocycles. The van der Waals surface area contributed by atoms with Gasteiger partial charge in [-0.1, -0.05) is 30.3 Å². The SMILES string of the molecule is Cc1cc2nc(-c3ccccc3)cc(NCCCNc3cccnc3)n2n1. The minimum Gasteiger partial charge on any atom is -0.384 e. The zero-order chi connectivity index (χ0) is 18.5. The molecule has 0 aliphatic rings. The molecule has 0 saturated carbocycles. The van der Waals surface area contributed by atoms with Crippen LogP contribution in [-0.4, -0.2) is 32.7 Å². The summed E-state index contributed by atoms with van der Waals surface area (Å²) in [6.45, 7) is 3.69. The molecule has 0 spiro atoms. The van der Waals surface area contributed by atoms with E-state index >= 15 is 0 Å². The number of hydrogen-bond donors (Lipinski definition) is 2. The molecule has 0 amide bonds. The van der Waals surface area contributed by atoms with Gasteiger partial charge in [0.2, 0.25) is 0 Å². The smallest absolute Gasteiger partial charge is 0.158 e. The number of anilines is 2. The van der Waals surface area contributed by atoms with E-state index in [2.05, 4.69) is 38.9 Å². The zero-order valence-corrected chi connectivity index (χ0v) is 15.3. The van der Waals surface area contributed by atoms with Crippen LogP contribution in [-0.2, 0) is 0 Å². The highest BCUT2D eigenvalue weighted by Gasteiger charge is 2.09. The molecular formula is C21H22N6. The number of rotatable bonds is 7. The maximum Gasteiger partial charge on any atom is 0.158 e. The standard InChI is InChI=1S/C21H22N6/c1-16-13-21-25-19(17-7-3-2-4-8-17)14-20(27(21)26-16)24-12-6-11-23-18-9-5-10-22-15-18/h2-5,7-10,13-15,23-24H,6,11-12H2,1H3. The molecule has 0 atom stereocenters. The van der Waals surface area contributed by atoms with E-state index in [9.17, 15) is 0 Å². The Labute approximate surface area is 158 Å². The second kappa shape index (κ2) is 7.86. The molecule has 0 unspecified atom stereocenters. The topological polar surface area (TPSA) is 67.1 Å². The van der Waals surface area contributed by atoms with Crippen molar-refractivity contribution >= 4 is 17.2 Å². The van der Waals surface area contributed by atoms with Crippen molar-refractivity contribution in [2.24, 2.45) is 0 Å². The summed E-state index contributed by atoms with van der Waals surface area (Å²) in [6.07, 6.45) is 4.58. The molecule has 27 heavy (non-hydrogen) atoms. The molecule has 3 aromatic heterocycles. The van der Waals surface area contributed by atoms with Gasteiger partial charge in [-0.15, -0.1) is 0 Å². The van der Waals surface area contributed by atoms with E-state index in [4.69, 9.17) is 4.98 Å². The van der Waals surface area contributed by atoms with E-state index < -0.39 is 0 Å². The molecule has 0 fully saturated rings. The van der Waals surface area contributed by atoms with Gasteiger partial charge >= 0.3 is 0 Å². The molecule has 6 heteroatoms. The Morgan fingerprint density at radius 2 is 1.81 bits per heavy atom. The minimum absolute atomic E-state index is 0.833. The summed E-state index contributed by atoms with van der Waals surface area (Å²) < 4.78 is 1.87. The monoisotopic (exact) mass is 358 g/mol. The maximum absolute atomic E-state index is 4.75. The maximum atomic E-state index is 4.75. The van der Waals surface area contributed by atoms with Crippen molar-refractivity contribution in [3.63, 3.8) is 0 Å². The third-order valence-electron chi connectivity index (χ3n) is 4.27. The lowest BCUT2D eigenvalue weighted by Gasteiger charge is -2.11. The average molecular weight is 358 g/mol. The van der Waals surface area contributed by atoms with Crippen molar-refractivity contribution in [2.45, 2.75) is 13.3 Å². The molecule has 0 saturated heterocycles. The van der Waals surface area contributed by atoms with Gasteiger partial charge in [-0.3, -0.25) is 4.98 Å². The lowest BCUT2D eigenvalue weighted by atomic mass is 10.1. The molecule has 0 aliphatic carbocycles. The number of aromatic nitrogens is 4. The highest BCUT2D eigenvalue weighted by molar-refractivity contribution is 5.66. The Morgan fingerprint density at radius 3 is 2.63 bits per heavy atom.